The van der Waals surface area contributed by atoms with E-state index in [9.17, 15) is 0 Å². The molecule has 0 radical (unpaired) electrons. The molecule has 2 nitrogen and oxygen atoms in total. The molecule has 0 unspecified atom stereocenters. The molecular formula is C17H14N2. The topological polar surface area (TPSA) is 38.9 Å². The van der Waals surface area contributed by atoms with Gasteiger partial charge in [0.2, 0.25) is 0 Å². The number of nitrogens with two attached hydrogens (primary N) is 1. The highest BCUT2D eigenvalue weighted by Gasteiger charge is 2.01. The van der Waals surface area contributed by atoms with Crippen molar-refractivity contribution in [3.05, 3.63) is 72.4 Å². The largest absolute Gasteiger partial charge is 0.405 e. The van der Waals surface area contributed by atoms with E-state index >= 15 is 0 Å². The summed E-state index contributed by atoms with van der Waals surface area (Å²) in [5, 5.41) is 1.13. The first-order valence-electron chi connectivity index (χ1n) is 6.21. The number of hydrogen-bond acceptors (Lipinski definition) is 2. The van der Waals surface area contributed by atoms with Crippen molar-refractivity contribution in [3.63, 3.8) is 0 Å². The minimum Gasteiger partial charge on any atom is -0.405 e. The third-order valence-corrected chi connectivity index (χ3v) is 3.07. The van der Waals surface area contributed by atoms with Gasteiger partial charge in [-0.15, -0.1) is 0 Å². The first kappa shape index (κ1) is 11.5. The predicted octanol–water partition coefficient (Wildman–Crippen LogP) is 3.83. The fraction of sp³-hybridized carbons (Fsp3) is 0. The van der Waals surface area contributed by atoms with E-state index in [-0.39, 0.29) is 0 Å². The third-order valence-electron chi connectivity index (χ3n) is 3.07. The zero-order valence-corrected chi connectivity index (χ0v) is 10.5. The average molecular weight is 246 g/mol. The maximum Gasteiger partial charge on any atom is 0.0715 e. The first-order valence-corrected chi connectivity index (χ1v) is 6.21. The molecule has 0 saturated carbocycles. The Bertz CT molecular complexity index is 731. The Morgan fingerprint density at radius 2 is 1.68 bits per heavy atom. The fourth-order valence-electron chi connectivity index (χ4n) is 2.12. The lowest BCUT2D eigenvalue weighted by atomic mass is 10.1. The Morgan fingerprint density at radius 3 is 2.47 bits per heavy atom. The minimum absolute atomic E-state index is 0.983. The third kappa shape index (κ3) is 2.33. The Hall–Kier alpha value is -2.61. The van der Waals surface area contributed by atoms with Gasteiger partial charge < -0.3 is 5.73 Å². The van der Waals surface area contributed by atoms with Gasteiger partial charge >= 0.3 is 0 Å². The monoisotopic (exact) mass is 246 g/mol. The standard InChI is InChI=1S/C17H14N2/c18-11-10-13-6-7-15-8-9-16(19-17(15)12-13)14-4-2-1-3-5-14/h1-12H,18H2. The second-order valence-electron chi connectivity index (χ2n) is 4.37. The number of benzene rings is 2. The summed E-state index contributed by atoms with van der Waals surface area (Å²) in [5.41, 5.74) is 9.59. The molecule has 0 aliphatic heterocycles. The number of pyridine rings is 1. The van der Waals surface area contributed by atoms with Crippen molar-refractivity contribution in [1.82, 2.24) is 4.98 Å². The maximum absolute atomic E-state index is 5.42. The summed E-state index contributed by atoms with van der Waals surface area (Å²) in [6.45, 7) is 0. The molecule has 0 bridgehead atoms. The molecular weight excluding hydrogens is 232 g/mol. The SMILES string of the molecule is NC=Cc1ccc2ccc(-c3ccccc3)nc2c1. The van der Waals surface area contributed by atoms with Crippen molar-refractivity contribution in [2.45, 2.75) is 0 Å². The van der Waals surface area contributed by atoms with E-state index in [0.717, 1.165) is 27.7 Å². The van der Waals surface area contributed by atoms with Crippen LogP contribution < -0.4 is 5.73 Å². The van der Waals surface area contributed by atoms with Gasteiger partial charge in [-0.1, -0.05) is 48.5 Å². The summed E-state index contributed by atoms with van der Waals surface area (Å²) in [6, 6.07) is 20.5. The molecule has 2 heteroatoms. The second-order valence-corrected chi connectivity index (χ2v) is 4.37. The van der Waals surface area contributed by atoms with Gasteiger partial charge in [-0.05, 0) is 30.0 Å². The molecule has 2 aromatic carbocycles. The van der Waals surface area contributed by atoms with E-state index < -0.39 is 0 Å². The van der Waals surface area contributed by atoms with Gasteiger partial charge in [0.05, 0.1) is 11.2 Å². The highest BCUT2D eigenvalue weighted by molar-refractivity contribution is 5.83. The lowest BCUT2D eigenvalue weighted by molar-refractivity contribution is 1.40. The Labute approximate surface area is 112 Å². The summed E-state index contributed by atoms with van der Waals surface area (Å²) in [5.74, 6) is 0. The lowest BCUT2D eigenvalue weighted by Crippen LogP contribution is -1.86. The molecule has 1 aromatic heterocycles. The highest BCUT2D eigenvalue weighted by atomic mass is 14.7. The predicted molar refractivity (Wildman–Crippen MR) is 80.4 cm³/mol. The van der Waals surface area contributed by atoms with Crippen LogP contribution in [0.3, 0.4) is 0 Å². The van der Waals surface area contributed by atoms with Gasteiger partial charge in [0, 0.05) is 10.9 Å². The van der Waals surface area contributed by atoms with Crippen molar-refractivity contribution in [3.8, 4) is 11.3 Å². The van der Waals surface area contributed by atoms with Gasteiger partial charge in [-0.2, -0.15) is 0 Å². The summed E-state index contributed by atoms with van der Waals surface area (Å²) < 4.78 is 0. The molecule has 0 atom stereocenters. The summed E-state index contributed by atoms with van der Waals surface area (Å²) >= 11 is 0. The normalized spacial score (nSPS) is 11.2. The molecule has 0 fully saturated rings. The maximum atomic E-state index is 5.42. The van der Waals surface area contributed by atoms with E-state index in [1.54, 1.807) is 6.20 Å². The van der Waals surface area contributed by atoms with E-state index in [1.165, 1.54) is 0 Å². The van der Waals surface area contributed by atoms with Crippen LogP contribution in [-0.2, 0) is 0 Å². The molecule has 2 N–H and O–H groups in total. The quantitative estimate of drug-likeness (QED) is 0.746. The smallest absolute Gasteiger partial charge is 0.0715 e. The molecule has 3 rings (SSSR count). The van der Waals surface area contributed by atoms with Crippen molar-refractivity contribution in [2.24, 2.45) is 5.73 Å². The van der Waals surface area contributed by atoms with Crippen molar-refractivity contribution < 1.29 is 0 Å². The van der Waals surface area contributed by atoms with Crippen molar-refractivity contribution >= 4 is 17.0 Å². The van der Waals surface area contributed by atoms with Crippen LogP contribution in [0.4, 0.5) is 0 Å². The molecule has 92 valence electrons. The molecule has 0 saturated heterocycles. The fourth-order valence-corrected chi connectivity index (χ4v) is 2.12. The first-order chi connectivity index (χ1) is 9.36. The Morgan fingerprint density at radius 1 is 0.895 bits per heavy atom. The number of nitrogens with zero attached hydrogens (tertiary/aromatic N) is 1. The van der Waals surface area contributed by atoms with Crippen LogP contribution in [0.25, 0.3) is 28.2 Å². The number of aromatic nitrogens is 1. The zero-order valence-electron chi connectivity index (χ0n) is 10.5. The van der Waals surface area contributed by atoms with Crippen LogP contribution in [0.2, 0.25) is 0 Å². The second kappa shape index (κ2) is 4.94. The molecule has 19 heavy (non-hydrogen) atoms. The van der Waals surface area contributed by atoms with E-state index in [1.807, 2.05) is 36.4 Å². The van der Waals surface area contributed by atoms with Crippen molar-refractivity contribution in [1.29, 1.82) is 0 Å². The summed E-state index contributed by atoms with van der Waals surface area (Å²) in [4.78, 5) is 4.71. The summed E-state index contributed by atoms with van der Waals surface area (Å²) in [7, 11) is 0. The zero-order chi connectivity index (χ0) is 13.1. The molecule has 1 heterocycles. The van der Waals surface area contributed by atoms with Crippen LogP contribution in [0, 0.1) is 0 Å². The molecule has 0 spiro atoms. The molecule has 0 amide bonds. The molecule has 0 aliphatic rings. The minimum atomic E-state index is 0.983. The van der Waals surface area contributed by atoms with Crippen LogP contribution >= 0.6 is 0 Å². The van der Waals surface area contributed by atoms with Crippen LogP contribution in [0.1, 0.15) is 5.56 Å². The number of hydrogen-bond donors (Lipinski definition) is 1. The average Bonchev–Trinajstić information content (AvgIpc) is 2.48. The number of fused-ring (bicyclic) bond motifs is 1. The highest BCUT2D eigenvalue weighted by Crippen LogP contribution is 2.21. The van der Waals surface area contributed by atoms with Gasteiger partial charge in [0.1, 0.15) is 0 Å². The molecule has 3 aromatic rings. The van der Waals surface area contributed by atoms with E-state index in [4.69, 9.17) is 10.7 Å². The van der Waals surface area contributed by atoms with Gasteiger partial charge in [-0.3, -0.25) is 0 Å². The van der Waals surface area contributed by atoms with Crippen LogP contribution in [0.5, 0.6) is 0 Å². The molecule has 0 aliphatic carbocycles. The van der Waals surface area contributed by atoms with Gasteiger partial charge in [-0.25, -0.2) is 4.98 Å². The Balaban J connectivity index is 2.14. The van der Waals surface area contributed by atoms with E-state index in [2.05, 4.69) is 30.3 Å². The Kier molecular flexibility index (Phi) is 2.99. The number of rotatable bonds is 2. The lowest BCUT2D eigenvalue weighted by Gasteiger charge is -2.04. The van der Waals surface area contributed by atoms with Crippen molar-refractivity contribution in [2.75, 3.05) is 0 Å². The van der Waals surface area contributed by atoms with Gasteiger partial charge in [0.15, 0.2) is 0 Å². The van der Waals surface area contributed by atoms with Crippen LogP contribution in [0.15, 0.2) is 66.9 Å². The van der Waals surface area contributed by atoms with E-state index in [0.29, 0.717) is 0 Å². The van der Waals surface area contributed by atoms with Crippen LogP contribution in [-0.4, -0.2) is 4.98 Å². The summed E-state index contributed by atoms with van der Waals surface area (Å²) in [6.07, 6.45) is 3.42. The van der Waals surface area contributed by atoms with Gasteiger partial charge in [0.25, 0.3) is 0 Å².